The van der Waals surface area contributed by atoms with Crippen molar-refractivity contribution in [2.24, 2.45) is 17.8 Å². The third kappa shape index (κ3) is 4.64. The summed E-state index contributed by atoms with van der Waals surface area (Å²) in [5, 5.41) is 11.9. The summed E-state index contributed by atoms with van der Waals surface area (Å²) in [7, 11) is 1.62. The Morgan fingerprint density at radius 1 is 1.44 bits per heavy atom. The van der Waals surface area contributed by atoms with Gasteiger partial charge in [0.25, 0.3) is 0 Å². The predicted octanol–water partition coefficient (Wildman–Crippen LogP) is 1.28. The lowest BCUT2D eigenvalue weighted by Gasteiger charge is -2.17. The zero-order chi connectivity index (χ0) is 13.5. The molecular formula is C13H23NO4. The van der Waals surface area contributed by atoms with Gasteiger partial charge in [0.2, 0.25) is 5.91 Å². The summed E-state index contributed by atoms with van der Waals surface area (Å²) in [6, 6.07) is 0. The van der Waals surface area contributed by atoms with Crippen LogP contribution in [0.3, 0.4) is 0 Å². The molecule has 0 aromatic heterocycles. The van der Waals surface area contributed by atoms with E-state index in [9.17, 15) is 9.59 Å². The van der Waals surface area contributed by atoms with Crippen LogP contribution in [0.4, 0.5) is 0 Å². The summed E-state index contributed by atoms with van der Waals surface area (Å²) in [5.41, 5.74) is 0. The molecule has 0 spiro atoms. The number of amides is 1. The van der Waals surface area contributed by atoms with E-state index in [2.05, 4.69) is 5.32 Å². The third-order valence-electron chi connectivity index (χ3n) is 3.52. The number of rotatable bonds is 7. The molecule has 1 aliphatic rings. The summed E-state index contributed by atoms with van der Waals surface area (Å²) in [5.74, 6) is -0.769. The van der Waals surface area contributed by atoms with Crippen molar-refractivity contribution in [1.82, 2.24) is 5.32 Å². The number of hydrogen-bond donors (Lipinski definition) is 2. The minimum Gasteiger partial charge on any atom is -0.481 e. The van der Waals surface area contributed by atoms with E-state index in [-0.39, 0.29) is 23.7 Å². The topological polar surface area (TPSA) is 75.6 Å². The molecule has 1 amide bonds. The predicted molar refractivity (Wildman–Crippen MR) is 67.1 cm³/mol. The average Bonchev–Trinajstić information content (AvgIpc) is 2.74. The second kappa shape index (κ2) is 7.36. The van der Waals surface area contributed by atoms with E-state index >= 15 is 0 Å². The first-order chi connectivity index (χ1) is 8.54. The molecule has 0 aromatic rings. The molecule has 1 fully saturated rings. The lowest BCUT2D eigenvalue weighted by Crippen LogP contribution is -2.34. The first-order valence-electron chi connectivity index (χ1n) is 6.53. The average molecular weight is 257 g/mol. The minimum absolute atomic E-state index is 0.0180. The summed E-state index contributed by atoms with van der Waals surface area (Å²) in [4.78, 5) is 22.6. The maximum Gasteiger partial charge on any atom is 0.306 e. The molecular weight excluding hydrogens is 234 g/mol. The van der Waals surface area contributed by atoms with Gasteiger partial charge in [-0.25, -0.2) is 0 Å². The molecule has 0 saturated heterocycles. The highest BCUT2D eigenvalue weighted by molar-refractivity contribution is 5.76. The van der Waals surface area contributed by atoms with Crippen LogP contribution in [0.1, 0.15) is 32.6 Å². The van der Waals surface area contributed by atoms with Crippen molar-refractivity contribution in [3.63, 3.8) is 0 Å². The molecule has 18 heavy (non-hydrogen) atoms. The fraction of sp³-hybridized carbons (Fsp3) is 0.846. The molecule has 1 rings (SSSR count). The van der Waals surface area contributed by atoms with Crippen molar-refractivity contribution < 1.29 is 19.4 Å². The summed E-state index contributed by atoms with van der Waals surface area (Å²) < 4.78 is 4.97. The Kier molecular flexibility index (Phi) is 6.12. The number of carbonyl (C=O) groups excluding carboxylic acids is 1. The molecule has 0 heterocycles. The van der Waals surface area contributed by atoms with E-state index in [1.165, 1.54) is 0 Å². The van der Waals surface area contributed by atoms with Gasteiger partial charge in [-0.2, -0.15) is 0 Å². The van der Waals surface area contributed by atoms with Crippen LogP contribution in [0.25, 0.3) is 0 Å². The summed E-state index contributed by atoms with van der Waals surface area (Å²) in [6.45, 7) is 3.00. The molecule has 104 valence electrons. The van der Waals surface area contributed by atoms with Gasteiger partial charge in [0.05, 0.1) is 5.92 Å². The smallest absolute Gasteiger partial charge is 0.306 e. The molecule has 5 nitrogen and oxygen atoms in total. The zero-order valence-electron chi connectivity index (χ0n) is 11.1. The van der Waals surface area contributed by atoms with E-state index in [1.807, 2.05) is 6.92 Å². The lowest BCUT2D eigenvalue weighted by molar-refractivity contribution is -0.143. The number of methoxy groups -OCH3 is 1. The molecule has 2 N–H and O–H groups in total. The normalized spacial score (nSPS) is 24.8. The van der Waals surface area contributed by atoms with Crippen LogP contribution in [0.2, 0.25) is 0 Å². The molecule has 3 atom stereocenters. The lowest BCUT2D eigenvalue weighted by atomic mass is 9.96. The molecule has 3 unspecified atom stereocenters. The van der Waals surface area contributed by atoms with Crippen molar-refractivity contribution >= 4 is 11.9 Å². The van der Waals surface area contributed by atoms with E-state index < -0.39 is 5.97 Å². The summed E-state index contributed by atoms with van der Waals surface area (Å²) in [6.07, 6.45) is 3.00. The van der Waals surface area contributed by atoms with Gasteiger partial charge in [0.15, 0.2) is 0 Å². The molecule has 1 aliphatic carbocycles. The standard InChI is InChI=1S/C13H23NO4/c1-9(8-18-2)6-12(15)14-7-10-4-3-5-11(10)13(16)17/h9-11H,3-8H2,1-2H3,(H,14,15)(H,16,17). The molecule has 0 bridgehead atoms. The number of aliphatic carboxylic acids is 1. The van der Waals surface area contributed by atoms with Gasteiger partial charge in [-0.1, -0.05) is 13.3 Å². The van der Waals surface area contributed by atoms with E-state index in [4.69, 9.17) is 9.84 Å². The highest BCUT2D eigenvalue weighted by atomic mass is 16.5. The van der Waals surface area contributed by atoms with Crippen LogP contribution in [0, 0.1) is 17.8 Å². The van der Waals surface area contributed by atoms with Gasteiger partial charge in [0.1, 0.15) is 0 Å². The largest absolute Gasteiger partial charge is 0.481 e. The quantitative estimate of drug-likeness (QED) is 0.720. The van der Waals surface area contributed by atoms with Gasteiger partial charge >= 0.3 is 5.97 Å². The Morgan fingerprint density at radius 2 is 2.17 bits per heavy atom. The number of ether oxygens (including phenoxy) is 1. The Morgan fingerprint density at radius 3 is 2.78 bits per heavy atom. The van der Waals surface area contributed by atoms with E-state index in [1.54, 1.807) is 7.11 Å². The van der Waals surface area contributed by atoms with Crippen LogP contribution in [-0.4, -0.2) is 37.2 Å². The Balaban J connectivity index is 2.27. The van der Waals surface area contributed by atoms with Crippen LogP contribution < -0.4 is 5.32 Å². The number of carboxylic acids is 1. The van der Waals surface area contributed by atoms with Gasteiger partial charge in [0, 0.05) is 26.7 Å². The van der Waals surface area contributed by atoms with Gasteiger partial charge in [-0.15, -0.1) is 0 Å². The van der Waals surface area contributed by atoms with E-state index in [0.29, 0.717) is 19.6 Å². The minimum atomic E-state index is -0.737. The zero-order valence-corrected chi connectivity index (χ0v) is 11.1. The second-order valence-electron chi connectivity index (χ2n) is 5.20. The van der Waals surface area contributed by atoms with Gasteiger partial charge < -0.3 is 15.2 Å². The Labute approximate surface area is 108 Å². The Hall–Kier alpha value is -1.10. The number of carboxylic acid groups (broad SMARTS) is 1. The van der Waals surface area contributed by atoms with Gasteiger partial charge in [-0.3, -0.25) is 9.59 Å². The molecule has 0 aromatic carbocycles. The van der Waals surface area contributed by atoms with Crippen LogP contribution >= 0.6 is 0 Å². The van der Waals surface area contributed by atoms with Crippen molar-refractivity contribution in [3.8, 4) is 0 Å². The number of nitrogens with one attached hydrogen (secondary N) is 1. The molecule has 0 aliphatic heterocycles. The number of hydrogen-bond acceptors (Lipinski definition) is 3. The van der Waals surface area contributed by atoms with Gasteiger partial charge in [-0.05, 0) is 24.7 Å². The molecule has 0 radical (unpaired) electrons. The SMILES string of the molecule is COCC(C)CC(=O)NCC1CCCC1C(=O)O. The summed E-state index contributed by atoms with van der Waals surface area (Å²) >= 11 is 0. The fourth-order valence-electron chi connectivity index (χ4n) is 2.58. The monoisotopic (exact) mass is 257 g/mol. The van der Waals surface area contributed by atoms with Crippen molar-refractivity contribution in [2.45, 2.75) is 32.6 Å². The van der Waals surface area contributed by atoms with Crippen molar-refractivity contribution in [3.05, 3.63) is 0 Å². The Bertz CT molecular complexity index is 293. The van der Waals surface area contributed by atoms with E-state index in [0.717, 1.165) is 19.3 Å². The first-order valence-corrected chi connectivity index (χ1v) is 6.53. The van der Waals surface area contributed by atoms with Crippen LogP contribution in [0.5, 0.6) is 0 Å². The van der Waals surface area contributed by atoms with Crippen LogP contribution in [0.15, 0.2) is 0 Å². The third-order valence-corrected chi connectivity index (χ3v) is 3.52. The van der Waals surface area contributed by atoms with Crippen molar-refractivity contribution in [1.29, 1.82) is 0 Å². The highest BCUT2D eigenvalue weighted by Gasteiger charge is 2.32. The first kappa shape index (κ1) is 15.0. The number of carbonyl (C=O) groups is 2. The maximum atomic E-state index is 11.6. The highest BCUT2D eigenvalue weighted by Crippen LogP contribution is 2.31. The second-order valence-corrected chi connectivity index (χ2v) is 5.20. The fourth-order valence-corrected chi connectivity index (χ4v) is 2.58. The van der Waals surface area contributed by atoms with Crippen molar-refractivity contribution in [2.75, 3.05) is 20.3 Å². The molecule has 5 heteroatoms. The maximum absolute atomic E-state index is 11.6. The molecule has 1 saturated carbocycles. The van der Waals surface area contributed by atoms with Crippen LogP contribution in [-0.2, 0) is 14.3 Å².